The van der Waals surface area contributed by atoms with Crippen LogP contribution >= 0.6 is 35.3 Å². The minimum atomic E-state index is 0. The van der Waals surface area contributed by atoms with Crippen LogP contribution in [0.4, 0.5) is 0 Å². The fraction of sp³-hybridized carbons (Fsp3) is 0.524. The van der Waals surface area contributed by atoms with Crippen molar-refractivity contribution in [2.45, 2.75) is 19.9 Å². The number of ether oxygens (including phenoxy) is 2. The number of methoxy groups -OCH3 is 2. The van der Waals surface area contributed by atoms with Gasteiger partial charge in [0.05, 0.1) is 19.3 Å². The fourth-order valence-corrected chi connectivity index (χ4v) is 3.52. The van der Waals surface area contributed by atoms with Crippen molar-refractivity contribution < 1.29 is 9.47 Å². The van der Waals surface area contributed by atoms with Crippen molar-refractivity contribution in [1.82, 2.24) is 20.5 Å². The molecular weight excluding hydrogens is 513 g/mol. The van der Waals surface area contributed by atoms with E-state index >= 15 is 0 Å². The highest BCUT2D eigenvalue weighted by atomic mass is 127. The van der Waals surface area contributed by atoms with Crippen molar-refractivity contribution >= 4 is 41.3 Å². The number of nitrogens with zero attached hydrogens (tertiary/aromatic N) is 3. The van der Waals surface area contributed by atoms with E-state index in [4.69, 9.17) is 14.5 Å². The minimum absolute atomic E-state index is 0. The second-order valence-corrected chi connectivity index (χ2v) is 7.50. The Morgan fingerprint density at radius 2 is 1.93 bits per heavy atom. The molecule has 0 aliphatic heterocycles. The van der Waals surface area contributed by atoms with Gasteiger partial charge in [0, 0.05) is 50.8 Å². The number of aromatic nitrogens is 1. The van der Waals surface area contributed by atoms with Crippen molar-refractivity contribution in [3.63, 3.8) is 0 Å². The topological polar surface area (TPSA) is 71.0 Å². The van der Waals surface area contributed by atoms with E-state index in [9.17, 15) is 0 Å². The van der Waals surface area contributed by atoms with Crippen LogP contribution in [0.15, 0.2) is 34.6 Å². The number of rotatable bonds is 12. The van der Waals surface area contributed by atoms with Gasteiger partial charge in [0.15, 0.2) is 5.96 Å². The molecule has 0 aliphatic carbocycles. The Bertz CT molecular complexity index is 739. The molecule has 7 nitrogen and oxygen atoms in total. The van der Waals surface area contributed by atoms with E-state index in [0.717, 1.165) is 67.2 Å². The van der Waals surface area contributed by atoms with Crippen molar-refractivity contribution in [1.29, 1.82) is 0 Å². The van der Waals surface area contributed by atoms with Crippen molar-refractivity contribution in [3.05, 3.63) is 35.3 Å². The lowest BCUT2D eigenvalue weighted by Crippen LogP contribution is -2.41. The van der Waals surface area contributed by atoms with Gasteiger partial charge in [-0.2, -0.15) is 0 Å². The monoisotopic (exact) mass is 547 g/mol. The molecule has 2 N–H and O–H groups in total. The highest BCUT2D eigenvalue weighted by molar-refractivity contribution is 14.0. The van der Waals surface area contributed by atoms with Crippen molar-refractivity contribution in [2.75, 3.05) is 54.1 Å². The highest BCUT2D eigenvalue weighted by Gasteiger charge is 2.06. The molecule has 2 rings (SSSR count). The molecule has 0 fully saturated rings. The molecule has 0 radical (unpaired) electrons. The van der Waals surface area contributed by atoms with Crippen LogP contribution in [-0.4, -0.2) is 69.9 Å². The smallest absolute Gasteiger partial charge is 0.191 e. The molecule has 0 atom stereocenters. The molecule has 30 heavy (non-hydrogen) atoms. The van der Waals surface area contributed by atoms with Gasteiger partial charge in [-0.15, -0.1) is 35.3 Å². The van der Waals surface area contributed by atoms with Crippen LogP contribution in [0.5, 0.6) is 5.75 Å². The average Bonchev–Trinajstić information content (AvgIpc) is 3.21. The lowest BCUT2D eigenvalue weighted by molar-refractivity contribution is 0.180. The summed E-state index contributed by atoms with van der Waals surface area (Å²) in [6, 6.07) is 7.96. The van der Waals surface area contributed by atoms with E-state index in [1.54, 1.807) is 25.6 Å². The molecule has 2 aromatic rings. The van der Waals surface area contributed by atoms with Crippen LogP contribution < -0.4 is 15.4 Å². The number of benzene rings is 1. The summed E-state index contributed by atoms with van der Waals surface area (Å²) in [7, 11) is 5.53. The SMILES string of the molecule is CCNC(=NCc1csc(-c2ccc(OC)cc2)n1)NCCN(C)CCCOC.I. The van der Waals surface area contributed by atoms with E-state index < -0.39 is 0 Å². The van der Waals surface area contributed by atoms with Gasteiger partial charge in [0.25, 0.3) is 0 Å². The van der Waals surface area contributed by atoms with E-state index in [1.165, 1.54) is 0 Å². The molecule has 0 unspecified atom stereocenters. The summed E-state index contributed by atoms with van der Waals surface area (Å²) < 4.78 is 10.3. The molecule has 0 amide bonds. The first kappa shape index (κ1) is 26.6. The highest BCUT2D eigenvalue weighted by Crippen LogP contribution is 2.25. The Hall–Kier alpha value is -1.43. The number of hydrogen-bond acceptors (Lipinski definition) is 6. The summed E-state index contributed by atoms with van der Waals surface area (Å²) in [5, 5.41) is 9.74. The summed E-state index contributed by atoms with van der Waals surface area (Å²) in [5.41, 5.74) is 2.06. The predicted molar refractivity (Wildman–Crippen MR) is 136 cm³/mol. The Kier molecular flexibility index (Phi) is 13.6. The number of guanidine groups is 1. The number of nitrogens with one attached hydrogen (secondary N) is 2. The zero-order valence-electron chi connectivity index (χ0n) is 18.3. The van der Waals surface area contributed by atoms with Crippen molar-refractivity contribution in [2.24, 2.45) is 4.99 Å². The first-order valence-corrected chi connectivity index (χ1v) is 10.8. The molecule has 0 saturated heterocycles. The standard InChI is InChI=1S/C21H33N5O2S.HI/c1-5-22-21(23-11-13-26(2)12-6-14-27-3)24-15-18-16-29-20(25-18)17-7-9-19(28-4)10-8-17;/h7-10,16H,5-6,11-15H2,1-4H3,(H2,22,23,24);1H. The molecule has 1 aromatic heterocycles. The normalized spacial score (nSPS) is 11.3. The van der Waals surface area contributed by atoms with E-state index in [1.807, 2.05) is 24.3 Å². The first-order valence-electron chi connectivity index (χ1n) is 9.94. The number of aliphatic imine (C=N–C) groups is 1. The summed E-state index contributed by atoms with van der Waals surface area (Å²) >= 11 is 1.63. The molecular formula is C21H34IN5O2S. The third-order valence-electron chi connectivity index (χ3n) is 4.31. The third kappa shape index (κ3) is 9.59. The zero-order valence-corrected chi connectivity index (χ0v) is 21.5. The minimum Gasteiger partial charge on any atom is -0.497 e. The average molecular weight is 548 g/mol. The number of halogens is 1. The maximum absolute atomic E-state index is 5.21. The largest absolute Gasteiger partial charge is 0.497 e. The molecule has 9 heteroatoms. The van der Waals surface area contributed by atoms with Gasteiger partial charge in [-0.05, 0) is 44.7 Å². The Morgan fingerprint density at radius 1 is 1.17 bits per heavy atom. The van der Waals surface area contributed by atoms with Crippen molar-refractivity contribution in [3.8, 4) is 16.3 Å². The number of likely N-dealkylation sites (N-methyl/N-ethyl adjacent to an activating group) is 1. The van der Waals surface area contributed by atoms with E-state index in [-0.39, 0.29) is 24.0 Å². The Morgan fingerprint density at radius 3 is 2.60 bits per heavy atom. The van der Waals surface area contributed by atoms with Crippen LogP contribution in [-0.2, 0) is 11.3 Å². The number of thiazole rings is 1. The second kappa shape index (κ2) is 15.4. The van der Waals surface area contributed by atoms with Gasteiger partial charge in [-0.1, -0.05) is 0 Å². The van der Waals surface area contributed by atoms with Crippen LogP contribution in [0.2, 0.25) is 0 Å². The van der Waals surface area contributed by atoms with E-state index in [0.29, 0.717) is 6.54 Å². The first-order chi connectivity index (χ1) is 14.2. The summed E-state index contributed by atoms with van der Waals surface area (Å²) in [5.74, 6) is 1.66. The fourth-order valence-electron chi connectivity index (χ4n) is 2.70. The lowest BCUT2D eigenvalue weighted by Gasteiger charge is -2.18. The maximum Gasteiger partial charge on any atom is 0.191 e. The molecule has 0 bridgehead atoms. The number of hydrogen-bond donors (Lipinski definition) is 2. The van der Waals surface area contributed by atoms with Gasteiger partial charge in [-0.25, -0.2) is 9.98 Å². The maximum atomic E-state index is 5.21. The molecule has 0 aliphatic rings. The molecule has 0 saturated carbocycles. The van der Waals surface area contributed by atoms with E-state index in [2.05, 4.69) is 39.9 Å². The summed E-state index contributed by atoms with van der Waals surface area (Å²) in [6.45, 7) is 7.05. The van der Waals surface area contributed by atoms with Gasteiger partial charge in [0.2, 0.25) is 0 Å². The quantitative estimate of drug-likeness (QED) is 0.184. The van der Waals surface area contributed by atoms with Gasteiger partial charge >= 0.3 is 0 Å². The molecule has 1 aromatic carbocycles. The summed E-state index contributed by atoms with van der Waals surface area (Å²) in [4.78, 5) is 11.7. The Labute approximate surface area is 201 Å². The Balaban J connectivity index is 0.00000450. The van der Waals surface area contributed by atoms with Crippen LogP contribution in [0, 0.1) is 0 Å². The lowest BCUT2D eigenvalue weighted by atomic mass is 10.2. The van der Waals surface area contributed by atoms with Crippen LogP contribution in [0.3, 0.4) is 0 Å². The molecule has 0 spiro atoms. The third-order valence-corrected chi connectivity index (χ3v) is 5.25. The predicted octanol–water partition coefficient (Wildman–Crippen LogP) is 3.46. The van der Waals surface area contributed by atoms with Crippen LogP contribution in [0.1, 0.15) is 19.0 Å². The van der Waals surface area contributed by atoms with Crippen LogP contribution in [0.25, 0.3) is 10.6 Å². The summed E-state index contributed by atoms with van der Waals surface area (Å²) in [6.07, 6.45) is 1.04. The molecule has 168 valence electrons. The zero-order chi connectivity index (χ0) is 20.9. The molecule has 1 heterocycles. The van der Waals surface area contributed by atoms with Gasteiger partial charge < -0.3 is 25.0 Å². The second-order valence-electron chi connectivity index (χ2n) is 6.64. The van der Waals surface area contributed by atoms with Gasteiger partial charge in [-0.3, -0.25) is 0 Å². The van der Waals surface area contributed by atoms with Gasteiger partial charge in [0.1, 0.15) is 10.8 Å².